The fourth-order valence-corrected chi connectivity index (χ4v) is 26.0. The second-order valence-electron chi connectivity index (χ2n) is 6.55. The predicted octanol–water partition coefficient (Wildman–Crippen LogP) is 0.960. The van der Waals surface area contributed by atoms with Crippen molar-refractivity contribution in [2.75, 3.05) is 53.7 Å². The van der Waals surface area contributed by atoms with E-state index in [1.165, 1.54) is 0 Å². The van der Waals surface area contributed by atoms with Crippen LogP contribution in [0, 0.1) is 0 Å². The van der Waals surface area contributed by atoms with E-state index in [2.05, 4.69) is 6.55 Å². The minimum atomic E-state index is -1.98. The van der Waals surface area contributed by atoms with Crippen molar-refractivity contribution in [3.8, 4) is 0 Å². The van der Waals surface area contributed by atoms with Crippen LogP contribution in [0.4, 0.5) is 0 Å². The van der Waals surface area contributed by atoms with Gasteiger partial charge in [-0.25, -0.2) is 0 Å². The van der Waals surface area contributed by atoms with Crippen LogP contribution in [-0.4, -0.2) is 61.7 Å². The first-order valence-corrected chi connectivity index (χ1v) is 16.1. The smallest absolute Gasteiger partial charge is 0.107 e. The Bertz CT molecular complexity index is 341. The molecule has 0 spiro atoms. The largest absolute Gasteiger partial charge is 0.221 e. The van der Waals surface area contributed by atoms with E-state index in [-0.39, 0.29) is 0 Å². The van der Waals surface area contributed by atoms with E-state index in [0.29, 0.717) is 16.1 Å². The summed E-state index contributed by atoms with van der Waals surface area (Å²) in [5.41, 5.74) is 0. The van der Waals surface area contributed by atoms with E-state index in [0.717, 1.165) is 0 Å². The van der Waals surface area contributed by atoms with Crippen LogP contribution in [0.25, 0.3) is 0 Å². The predicted molar refractivity (Wildman–Crippen MR) is 85.9 cm³/mol. The van der Waals surface area contributed by atoms with Crippen LogP contribution in [-0.2, 0) is 42.4 Å². The molecule has 0 N–H and O–H groups in total. The SMILES string of the molecule is C[Si](C[S+](C)(C)=O)(C[S+](C)(C)=O)C[S+](C)(C)=O. The Labute approximate surface area is 110 Å². The van der Waals surface area contributed by atoms with Gasteiger partial charge in [0.25, 0.3) is 0 Å². The van der Waals surface area contributed by atoms with Gasteiger partial charge in [0, 0.05) is 0 Å². The van der Waals surface area contributed by atoms with Gasteiger partial charge in [-0.05, 0) is 0 Å². The molecule has 0 aliphatic heterocycles. The fourth-order valence-electron chi connectivity index (χ4n) is 2.64. The van der Waals surface area contributed by atoms with E-state index >= 15 is 0 Å². The summed E-state index contributed by atoms with van der Waals surface area (Å²) in [5.74, 6) is 0. The molecule has 104 valence electrons. The maximum atomic E-state index is 12.0. The molecule has 0 saturated carbocycles. The molecule has 0 aromatic rings. The van der Waals surface area contributed by atoms with Gasteiger partial charge in [0.2, 0.25) is 8.07 Å². The standard InChI is InChI=1S/C10H27O3S3Si/c1-14(2,11)8-17(7,9-15(3,4)12)10-16(5,6)13/h8-10H2,1-7H3/q+3. The molecule has 0 aromatic heterocycles. The summed E-state index contributed by atoms with van der Waals surface area (Å²) in [5, 5.41) is 1.87. The van der Waals surface area contributed by atoms with E-state index in [1.54, 1.807) is 37.5 Å². The summed E-state index contributed by atoms with van der Waals surface area (Å²) < 4.78 is 36.1. The van der Waals surface area contributed by atoms with E-state index in [9.17, 15) is 12.6 Å². The molecule has 0 radical (unpaired) electrons. The molecule has 0 aliphatic rings. The second kappa shape index (κ2) is 5.34. The van der Waals surface area contributed by atoms with Crippen molar-refractivity contribution in [1.82, 2.24) is 0 Å². The first-order chi connectivity index (χ1) is 7.12. The molecule has 0 fully saturated rings. The summed E-state index contributed by atoms with van der Waals surface area (Å²) >= 11 is 0. The maximum Gasteiger partial charge on any atom is 0.221 e. The zero-order valence-electron chi connectivity index (χ0n) is 12.1. The first kappa shape index (κ1) is 17.7. The lowest BCUT2D eigenvalue weighted by Gasteiger charge is -2.23. The maximum absolute atomic E-state index is 12.0. The van der Waals surface area contributed by atoms with Gasteiger partial charge >= 0.3 is 0 Å². The van der Waals surface area contributed by atoms with Crippen LogP contribution in [0.5, 0.6) is 0 Å². The van der Waals surface area contributed by atoms with Gasteiger partial charge in [-0.15, -0.1) is 12.6 Å². The van der Waals surface area contributed by atoms with Crippen molar-refractivity contribution in [3.63, 3.8) is 0 Å². The van der Waals surface area contributed by atoms with Crippen LogP contribution in [0.3, 0.4) is 0 Å². The molecule has 3 nitrogen and oxygen atoms in total. The van der Waals surface area contributed by atoms with E-state index < -0.39 is 37.9 Å². The van der Waals surface area contributed by atoms with Crippen LogP contribution >= 0.6 is 0 Å². The van der Waals surface area contributed by atoms with Crippen molar-refractivity contribution < 1.29 is 12.6 Å². The minimum Gasteiger partial charge on any atom is -0.107 e. The molecular formula is C10H27O3S3Si+3. The highest BCUT2D eigenvalue weighted by atomic mass is 32.3. The summed E-state index contributed by atoms with van der Waals surface area (Å²) in [6, 6.07) is 0. The fraction of sp³-hybridized carbons (Fsp3) is 1.00. The molecule has 0 unspecified atom stereocenters. The molecule has 0 heterocycles. The topological polar surface area (TPSA) is 51.2 Å². The van der Waals surface area contributed by atoms with Gasteiger partial charge in [-0.3, -0.25) is 0 Å². The van der Waals surface area contributed by atoms with Gasteiger partial charge < -0.3 is 0 Å². The van der Waals surface area contributed by atoms with Crippen molar-refractivity contribution in [1.29, 1.82) is 0 Å². The van der Waals surface area contributed by atoms with E-state index in [4.69, 9.17) is 0 Å². The average molecular weight is 320 g/mol. The lowest BCUT2D eigenvalue weighted by molar-refractivity contribution is 0.593. The molecule has 0 bridgehead atoms. The minimum absolute atomic E-state index is 0.622. The van der Waals surface area contributed by atoms with Gasteiger partial charge in [0.05, 0.1) is 29.8 Å². The molecule has 0 atom stereocenters. The van der Waals surface area contributed by atoms with Crippen LogP contribution in [0.15, 0.2) is 0 Å². The van der Waals surface area contributed by atoms with Crippen molar-refractivity contribution in [2.45, 2.75) is 6.55 Å². The Hall–Kier alpha value is 0.667. The molecular weight excluding hydrogens is 292 g/mol. The zero-order chi connectivity index (χ0) is 14.1. The second-order valence-corrected chi connectivity index (χ2v) is 22.3. The van der Waals surface area contributed by atoms with Crippen molar-refractivity contribution in [3.05, 3.63) is 0 Å². The highest BCUT2D eigenvalue weighted by Gasteiger charge is 2.48. The third-order valence-electron chi connectivity index (χ3n) is 2.09. The lowest BCUT2D eigenvalue weighted by Crippen LogP contribution is -2.54. The normalized spacial score (nSPS) is 15.0. The molecule has 0 amide bonds. The van der Waals surface area contributed by atoms with Gasteiger partial charge in [-0.2, -0.15) is 0 Å². The zero-order valence-corrected chi connectivity index (χ0v) is 15.5. The molecule has 7 heteroatoms. The quantitative estimate of drug-likeness (QED) is 0.541. The molecule has 17 heavy (non-hydrogen) atoms. The van der Waals surface area contributed by atoms with Crippen molar-refractivity contribution in [2.24, 2.45) is 0 Å². The van der Waals surface area contributed by atoms with Gasteiger partial charge in [-0.1, -0.05) is 6.55 Å². The Morgan fingerprint density at radius 2 is 0.824 bits per heavy atom. The van der Waals surface area contributed by atoms with Crippen LogP contribution < -0.4 is 0 Å². The summed E-state index contributed by atoms with van der Waals surface area (Å²) in [4.78, 5) is 0. The van der Waals surface area contributed by atoms with Gasteiger partial charge in [0.1, 0.15) is 53.7 Å². The average Bonchev–Trinajstić information content (AvgIpc) is 1.65. The summed E-state index contributed by atoms with van der Waals surface area (Å²) in [7, 11) is -7.58. The Morgan fingerprint density at radius 3 is 0.941 bits per heavy atom. The first-order valence-electron chi connectivity index (χ1n) is 5.38. The number of rotatable bonds is 6. The Kier molecular flexibility index (Phi) is 5.55. The molecule has 0 rings (SSSR count). The Morgan fingerprint density at radius 1 is 0.647 bits per heavy atom. The van der Waals surface area contributed by atoms with E-state index in [1.807, 2.05) is 0 Å². The Balaban J connectivity index is 5.15. The molecule has 0 aromatic carbocycles. The van der Waals surface area contributed by atoms with Crippen molar-refractivity contribution >= 4 is 37.9 Å². The third kappa shape index (κ3) is 10.3. The molecule has 0 saturated heterocycles. The van der Waals surface area contributed by atoms with Gasteiger partial charge in [0.15, 0.2) is 0 Å². The third-order valence-corrected chi connectivity index (χ3v) is 18.8. The molecule has 0 aliphatic carbocycles. The summed E-state index contributed by atoms with van der Waals surface area (Å²) in [6.07, 6.45) is 10.5. The number of hydrogen-bond donors (Lipinski definition) is 0. The number of hydrogen-bond acceptors (Lipinski definition) is 3. The lowest BCUT2D eigenvalue weighted by atomic mass is 11.7. The van der Waals surface area contributed by atoms with Crippen LogP contribution in [0.2, 0.25) is 6.55 Å². The summed E-state index contributed by atoms with van der Waals surface area (Å²) in [6.45, 7) is 2.10. The highest BCUT2D eigenvalue weighted by Crippen LogP contribution is 2.18. The highest BCUT2D eigenvalue weighted by molar-refractivity contribution is 8.07. The van der Waals surface area contributed by atoms with Crippen LogP contribution in [0.1, 0.15) is 0 Å². The monoisotopic (exact) mass is 319 g/mol.